The Morgan fingerprint density at radius 1 is 1.21 bits per heavy atom. The minimum absolute atomic E-state index is 0.0929. The van der Waals surface area contributed by atoms with Crippen molar-refractivity contribution in [3.63, 3.8) is 0 Å². The van der Waals surface area contributed by atoms with Gasteiger partial charge in [0.05, 0.1) is 16.2 Å². The third-order valence-corrected chi connectivity index (χ3v) is 5.81. The number of anilines is 1. The van der Waals surface area contributed by atoms with Gasteiger partial charge in [0.25, 0.3) is 5.56 Å². The van der Waals surface area contributed by atoms with Crippen LogP contribution in [0.25, 0.3) is 21.3 Å². The molecular formula is C19H13ClN4O2S2. The van der Waals surface area contributed by atoms with Gasteiger partial charge in [0, 0.05) is 17.1 Å². The van der Waals surface area contributed by atoms with Gasteiger partial charge in [0.1, 0.15) is 10.6 Å². The molecule has 0 saturated heterocycles. The molecule has 3 aromatic heterocycles. The van der Waals surface area contributed by atoms with E-state index in [1.54, 1.807) is 12.1 Å². The van der Waals surface area contributed by atoms with E-state index in [4.69, 9.17) is 11.6 Å². The number of aromatic amines is 1. The summed E-state index contributed by atoms with van der Waals surface area (Å²) in [6.07, 6.45) is 1.46. The van der Waals surface area contributed by atoms with E-state index in [9.17, 15) is 9.59 Å². The number of halogens is 1. The molecule has 0 atom stereocenters. The quantitative estimate of drug-likeness (QED) is 0.362. The summed E-state index contributed by atoms with van der Waals surface area (Å²) in [6, 6.07) is 13.0. The van der Waals surface area contributed by atoms with Gasteiger partial charge >= 0.3 is 0 Å². The molecule has 6 nitrogen and oxygen atoms in total. The molecule has 0 fully saturated rings. The number of carbonyl (C=O) groups excluding carboxylic acids is 1. The summed E-state index contributed by atoms with van der Waals surface area (Å²) in [7, 11) is 0. The van der Waals surface area contributed by atoms with Crippen molar-refractivity contribution < 1.29 is 4.79 Å². The lowest BCUT2D eigenvalue weighted by molar-refractivity contribution is -0.113. The third-order valence-electron chi connectivity index (χ3n) is 3.84. The standard InChI is InChI=1S/C19H13ClN4O2S2/c20-12-6-7-14(21-8-12)22-15(25)10-28-19-23-17(26)16-13(9-27-18(16)24-19)11-4-2-1-3-5-11/h1-9H,10H2,(H,21,22,25)(H,23,24,26). The van der Waals surface area contributed by atoms with Gasteiger partial charge < -0.3 is 10.3 Å². The van der Waals surface area contributed by atoms with Gasteiger partial charge in [-0.3, -0.25) is 9.59 Å². The Labute approximate surface area is 173 Å². The van der Waals surface area contributed by atoms with Crippen LogP contribution in [0.5, 0.6) is 0 Å². The highest BCUT2D eigenvalue weighted by Gasteiger charge is 2.14. The topological polar surface area (TPSA) is 87.7 Å². The van der Waals surface area contributed by atoms with Crippen LogP contribution < -0.4 is 10.9 Å². The van der Waals surface area contributed by atoms with Crippen LogP contribution in [0.2, 0.25) is 5.02 Å². The predicted molar refractivity (Wildman–Crippen MR) is 114 cm³/mol. The zero-order chi connectivity index (χ0) is 19.5. The number of thiophene rings is 1. The van der Waals surface area contributed by atoms with Crippen molar-refractivity contribution in [2.45, 2.75) is 5.16 Å². The van der Waals surface area contributed by atoms with Gasteiger partial charge in [-0.1, -0.05) is 53.7 Å². The maximum Gasteiger partial charge on any atom is 0.260 e. The van der Waals surface area contributed by atoms with E-state index in [0.29, 0.717) is 26.2 Å². The average molecular weight is 429 g/mol. The maximum atomic E-state index is 12.6. The number of H-pyrrole nitrogens is 1. The summed E-state index contributed by atoms with van der Waals surface area (Å²) in [5.74, 6) is 0.256. The number of amides is 1. The van der Waals surface area contributed by atoms with E-state index in [2.05, 4.69) is 20.3 Å². The SMILES string of the molecule is O=C(CSc1nc2scc(-c3ccccc3)c2c(=O)[nH]1)Nc1ccc(Cl)cn1. The van der Waals surface area contributed by atoms with E-state index in [1.807, 2.05) is 35.7 Å². The second kappa shape index (κ2) is 8.14. The lowest BCUT2D eigenvalue weighted by Gasteiger charge is -2.04. The summed E-state index contributed by atoms with van der Waals surface area (Å²) in [5, 5.41) is 6.06. The zero-order valence-corrected chi connectivity index (χ0v) is 16.7. The van der Waals surface area contributed by atoms with Crippen molar-refractivity contribution in [3.8, 4) is 11.1 Å². The summed E-state index contributed by atoms with van der Waals surface area (Å²) in [6.45, 7) is 0. The number of hydrogen-bond donors (Lipinski definition) is 2. The first-order chi connectivity index (χ1) is 13.6. The second-order valence-corrected chi connectivity index (χ2v) is 8.02. The van der Waals surface area contributed by atoms with Gasteiger partial charge in [0.15, 0.2) is 5.16 Å². The van der Waals surface area contributed by atoms with Gasteiger partial charge in [-0.05, 0) is 17.7 Å². The van der Waals surface area contributed by atoms with Crippen molar-refractivity contribution in [3.05, 3.63) is 69.4 Å². The fraction of sp³-hybridized carbons (Fsp3) is 0.0526. The molecule has 4 aromatic rings. The third kappa shape index (κ3) is 4.09. The van der Waals surface area contributed by atoms with Crippen molar-refractivity contribution in [2.75, 3.05) is 11.1 Å². The van der Waals surface area contributed by atoms with Crippen molar-refractivity contribution in [2.24, 2.45) is 0 Å². The zero-order valence-electron chi connectivity index (χ0n) is 14.3. The van der Waals surface area contributed by atoms with Crippen LogP contribution in [0.1, 0.15) is 0 Å². The van der Waals surface area contributed by atoms with Crippen LogP contribution in [0.15, 0.2) is 64.0 Å². The van der Waals surface area contributed by atoms with Gasteiger partial charge in [-0.25, -0.2) is 9.97 Å². The Morgan fingerprint density at radius 3 is 2.79 bits per heavy atom. The molecule has 1 aromatic carbocycles. The molecule has 0 aliphatic carbocycles. The van der Waals surface area contributed by atoms with Crippen LogP contribution in [0.3, 0.4) is 0 Å². The summed E-state index contributed by atoms with van der Waals surface area (Å²) in [4.78, 5) is 36.6. The van der Waals surface area contributed by atoms with Gasteiger partial charge in [-0.2, -0.15) is 0 Å². The number of hydrogen-bond acceptors (Lipinski definition) is 6. The molecular weight excluding hydrogens is 416 g/mol. The lowest BCUT2D eigenvalue weighted by Crippen LogP contribution is -2.16. The summed E-state index contributed by atoms with van der Waals surface area (Å²) < 4.78 is 0. The fourth-order valence-corrected chi connectivity index (χ4v) is 4.37. The Balaban J connectivity index is 1.50. The molecule has 0 bridgehead atoms. The predicted octanol–water partition coefficient (Wildman–Crippen LogP) is 4.43. The van der Waals surface area contributed by atoms with Crippen LogP contribution in [-0.4, -0.2) is 26.6 Å². The maximum absolute atomic E-state index is 12.6. The number of rotatable bonds is 5. The molecule has 0 spiro atoms. The van der Waals surface area contributed by atoms with E-state index in [1.165, 1.54) is 17.5 Å². The smallest absolute Gasteiger partial charge is 0.260 e. The van der Waals surface area contributed by atoms with Gasteiger partial charge in [0.2, 0.25) is 5.91 Å². The molecule has 0 saturated carbocycles. The molecule has 2 N–H and O–H groups in total. The molecule has 0 radical (unpaired) electrons. The highest BCUT2D eigenvalue weighted by molar-refractivity contribution is 7.99. The first-order valence-corrected chi connectivity index (χ1v) is 10.5. The molecule has 140 valence electrons. The summed E-state index contributed by atoms with van der Waals surface area (Å²) >= 11 is 8.34. The number of nitrogens with one attached hydrogen (secondary N) is 2. The average Bonchev–Trinajstić information content (AvgIpc) is 3.13. The monoisotopic (exact) mass is 428 g/mol. The van der Waals surface area contributed by atoms with Crippen LogP contribution in [0.4, 0.5) is 5.82 Å². The van der Waals surface area contributed by atoms with Crippen molar-refractivity contribution in [1.82, 2.24) is 15.0 Å². The Hall–Kier alpha value is -2.68. The van der Waals surface area contributed by atoms with Crippen LogP contribution in [0, 0.1) is 0 Å². The minimum Gasteiger partial charge on any atom is -0.310 e. The fourth-order valence-electron chi connectivity index (χ4n) is 2.59. The van der Waals surface area contributed by atoms with Crippen LogP contribution >= 0.6 is 34.7 Å². The minimum atomic E-state index is -0.251. The Kier molecular flexibility index (Phi) is 5.43. The van der Waals surface area contributed by atoms with E-state index >= 15 is 0 Å². The summed E-state index contributed by atoms with van der Waals surface area (Å²) in [5.41, 5.74) is 1.61. The normalized spacial score (nSPS) is 10.9. The number of nitrogens with zero attached hydrogens (tertiary/aromatic N) is 2. The molecule has 1 amide bonds. The van der Waals surface area contributed by atoms with Gasteiger partial charge in [-0.15, -0.1) is 11.3 Å². The first-order valence-electron chi connectivity index (χ1n) is 8.21. The number of thioether (sulfide) groups is 1. The first kappa shape index (κ1) is 18.7. The number of pyridine rings is 1. The Morgan fingerprint density at radius 2 is 2.04 bits per heavy atom. The van der Waals surface area contributed by atoms with E-state index in [0.717, 1.165) is 22.9 Å². The lowest BCUT2D eigenvalue weighted by atomic mass is 10.1. The molecule has 28 heavy (non-hydrogen) atoms. The Bertz CT molecular complexity index is 1190. The van der Waals surface area contributed by atoms with Crippen molar-refractivity contribution in [1.29, 1.82) is 0 Å². The number of fused-ring (bicyclic) bond motifs is 1. The second-order valence-electron chi connectivity index (χ2n) is 5.77. The van der Waals surface area contributed by atoms with Crippen molar-refractivity contribution >= 4 is 56.6 Å². The molecule has 0 aliphatic rings. The molecule has 0 aliphatic heterocycles. The van der Waals surface area contributed by atoms with E-state index < -0.39 is 0 Å². The molecule has 4 rings (SSSR count). The molecule has 9 heteroatoms. The largest absolute Gasteiger partial charge is 0.310 e. The highest BCUT2D eigenvalue weighted by atomic mass is 35.5. The molecule has 3 heterocycles. The number of aromatic nitrogens is 3. The molecule has 0 unspecified atom stereocenters. The van der Waals surface area contributed by atoms with E-state index in [-0.39, 0.29) is 17.2 Å². The number of carbonyl (C=O) groups is 1. The highest BCUT2D eigenvalue weighted by Crippen LogP contribution is 2.31. The number of benzene rings is 1. The van der Waals surface area contributed by atoms with Crippen LogP contribution in [-0.2, 0) is 4.79 Å².